The van der Waals surface area contributed by atoms with Gasteiger partial charge in [-0.25, -0.2) is 9.97 Å². The molecule has 1 aliphatic carbocycles. The summed E-state index contributed by atoms with van der Waals surface area (Å²) >= 11 is 3.18. The van der Waals surface area contributed by atoms with Crippen molar-refractivity contribution in [2.75, 3.05) is 0 Å². The van der Waals surface area contributed by atoms with Gasteiger partial charge in [-0.3, -0.25) is 0 Å². The lowest BCUT2D eigenvalue weighted by molar-refractivity contribution is 0.432. The number of aromatic nitrogens is 2. The number of hydrogen-bond acceptors (Lipinski definition) is 6. The van der Waals surface area contributed by atoms with Crippen LogP contribution in [0, 0.1) is 0 Å². The molecule has 4 nitrogen and oxygen atoms in total. The van der Waals surface area contributed by atoms with Gasteiger partial charge in [0.15, 0.2) is 0 Å². The number of thiazole rings is 2. The summed E-state index contributed by atoms with van der Waals surface area (Å²) in [4.78, 5) is 9.57. The second-order valence-corrected chi connectivity index (χ2v) is 9.77. The Kier molecular flexibility index (Phi) is 4.56. The molecule has 5 aromatic rings. The molecule has 0 saturated heterocycles. The Labute approximate surface area is 192 Å². The highest BCUT2D eigenvalue weighted by Gasteiger charge is 2.16. The number of rotatable bonds is 3. The lowest BCUT2D eigenvalue weighted by Crippen LogP contribution is -1.93. The molecule has 0 aliphatic heterocycles. The van der Waals surface area contributed by atoms with E-state index in [0.717, 1.165) is 65.6 Å². The summed E-state index contributed by atoms with van der Waals surface area (Å²) in [5.41, 5.74) is 5.57. The molecule has 1 aliphatic rings. The van der Waals surface area contributed by atoms with Crippen LogP contribution in [0.25, 0.3) is 47.7 Å². The molecule has 0 atom stereocenters. The molecule has 32 heavy (non-hydrogen) atoms. The zero-order valence-electron chi connectivity index (χ0n) is 16.9. The summed E-state index contributed by atoms with van der Waals surface area (Å²) in [5.74, 6) is 0.565. The molecule has 3 aromatic carbocycles. The van der Waals surface area contributed by atoms with Crippen LogP contribution < -0.4 is 0 Å². The van der Waals surface area contributed by atoms with Crippen LogP contribution in [-0.4, -0.2) is 20.2 Å². The molecule has 0 spiro atoms. The molecule has 6 rings (SSSR count). The third kappa shape index (κ3) is 3.28. The third-order valence-corrected chi connectivity index (χ3v) is 7.74. The molecule has 0 amide bonds. The number of benzene rings is 3. The Morgan fingerprint density at radius 3 is 2.00 bits per heavy atom. The lowest BCUT2D eigenvalue weighted by atomic mass is 10.0. The van der Waals surface area contributed by atoms with E-state index < -0.39 is 0 Å². The van der Waals surface area contributed by atoms with E-state index in [-0.39, 0.29) is 5.75 Å². The number of aliphatic hydroxyl groups excluding tert-OH is 1. The number of phenols is 1. The van der Waals surface area contributed by atoms with E-state index in [1.165, 1.54) is 0 Å². The van der Waals surface area contributed by atoms with Gasteiger partial charge in [-0.2, -0.15) is 0 Å². The maximum absolute atomic E-state index is 10.2. The van der Waals surface area contributed by atoms with Crippen LogP contribution >= 0.6 is 22.7 Å². The summed E-state index contributed by atoms with van der Waals surface area (Å²) in [6.45, 7) is 0. The van der Waals surface area contributed by atoms with Gasteiger partial charge in [0.1, 0.15) is 21.5 Å². The second-order valence-electron chi connectivity index (χ2n) is 7.70. The predicted molar refractivity (Wildman–Crippen MR) is 133 cm³/mol. The van der Waals surface area contributed by atoms with Gasteiger partial charge in [0.25, 0.3) is 0 Å². The summed E-state index contributed by atoms with van der Waals surface area (Å²) in [6.07, 6.45) is 5.72. The monoisotopic (exact) mass is 454 g/mol. The second kappa shape index (κ2) is 7.58. The number of aliphatic hydroxyl groups is 1. The standard InChI is InChI=1S/C26H18N2O2S2/c29-21-7-3-1-5-17(21)25-27-19-13-15(9-11-23(19)31-25)16-10-12-24-20(14-16)28-26(32-24)18-6-2-4-8-22(18)30/h1,3,5-14,29-30H,2,4H2. The van der Waals surface area contributed by atoms with E-state index in [4.69, 9.17) is 9.97 Å². The van der Waals surface area contributed by atoms with Crippen molar-refractivity contribution in [3.8, 4) is 27.4 Å². The van der Waals surface area contributed by atoms with Crippen molar-refractivity contribution in [2.45, 2.75) is 12.8 Å². The minimum absolute atomic E-state index is 0.241. The molecular weight excluding hydrogens is 436 g/mol. The summed E-state index contributed by atoms with van der Waals surface area (Å²) in [6, 6.07) is 19.8. The normalized spacial score (nSPS) is 14.0. The molecule has 2 aromatic heterocycles. The van der Waals surface area contributed by atoms with Crippen molar-refractivity contribution in [2.24, 2.45) is 0 Å². The van der Waals surface area contributed by atoms with Crippen LogP contribution in [0.4, 0.5) is 0 Å². The maximum Gasteiger partial charge on any atom is 0.128 e. The fourth-order valence-electron chi connectivity index (χ4n) is 3.96. The van der Waals surface area contributed by atoms with E-state index in [9.17, 15) is 10.2 Å². The maximum atomic E-state index is 10.2. The van der Waals surface area contributed by atoms with Gasteiger partial charge < -0.3 is 10.2 Å². The zero-order chi connectivity index (χ0) is 21.7. The number of fused-ring (bicyclic) bond motifs is 2. The number of para-hydroxylation sites is 1. The Balaban J connectivity index is 1.39. The van der Waals surface area contributed by atoms with Crippen LogP contribution in [0.5, 0.6) is 5.75 Å². The van der Waals surface area contributed by atoms with Crippen LogP contribution in [0.1, 0.15) is 17.8 Å². The Bertz CT molecular complexity index is 1560. The highest BCUT2D eigenvalue weighted by atomic mass is 32.1. The first-order chi connectivity index (χ1) is 15.7. The van der Waals surface area contributed by atoms with E-state index in [1.54, 1.807) is 28.7 Å². The van der Waals surface area contributed by atoms with Crippen molar-refractivity contribution in [1.82, 2.24) is 9.97 Å². The van der Waals surface area contributed by atoms with Crippen LogP contribution in [0.2, 0.25) is 0 Å². The predicted octanol–water partition coefficient (Wildman–Crippen LogP) is 7.56. The first kappa shape index (κ1) is 19.2. The zero-order valence-corrected chi connectivity index (χ0v) is 18.6. The molecule has 0 fully saturated rings. The van der Waals surface area contributed by atoms with Crippen molar-refractivity contribution in [3.63, 3.8) is 0 Å². The summed E-state index contributed by atoms with van der Waals surface area (Å²) in [5, 5.41) is 22.1. The minimum Gasteiger partial charge on any atom is -0.508 e. The third-order valence-electron chi connectivity index (χ3n) is 5.60. The quantitative estimate of drug-likeness (QED) is 0.295. The highest BCUT2D eigenvalue weighted by molar-refractivity contribution is 7.21. The fraction of sp³-hybridized carbons (Fsp3) is 0.0769. The molecular formula is C26H18N2O2S2. The average Bonchev–Trinajstić information content (AvgIpc) is 3.42. The van der Waals surface area contributed by atoms with Crippen molar-refractivity contribution in [3.05, 3.63) is 83.6 Å². The molecule has 6 heteroatoms. The molecule has 0 bridgehead atoms. The van der Waals surface area contributed by atoms with Gasteiger partial charge in [-0.15, -0.1) is 22.7 Å². The molecule has 0 saturated carbocycles. The Morgan fingerprint density at radius 2 is 1.31 bits per heavy atom. The molecule has 0 unspecified atom stereocenters. The van der Waals surface area contributed by atoms with Crippen LogP contribution in [-0.2, 0) is 0 Å². The van der Waals surface area contributed by atoms with Crippen molar-refractivity contribution < 1.29 is 10.2 Å². The van der Waals surface area contributed by atoms with E-state index in [0.29, 0.717) is 5.76 Å². The van der Waals surface area contributed by atoms with E-state index in [2.05, 4.69) is 42.5 Å². The van der Waals surface area contributed by atoms with Gasteiger partial charge in [-0.05, 0) is 66.4 Å². The first-order valence-electron chi connectivity index (χ1n) is 10.4. The SMILES string of the molecule is OC1=CCCC=C1c1nc2cc(-c3ccc4sc(-c5ccccc5O)nc4c3)ccc2s1. The highest BCUT2D eigenvalue weighted by Crippen LogP contribution is 2.38. The summed E-state index contributed by atoms with van der Waals surface area (Å²) < 4.78 is 2.18. The van der Waals surface area contributed by atoms with Gasteiger partial charge in [0.05, 0.1) is 26.0 Å². The minimum atomic E-state index is 0.241. The first-order valence-corrected chi connectivity index (χ1v) is 12.0. The molecule has 2 N–H and O–H groups in total. The van der Waals surface area contributed by atoms with E-state index in [1.807, 2.05) is 24.3 Å². The largest absolute Gasteiger partial charge is 0.508 e. The lowest BCUT2D eigenvalue weighted by Gasteiger charge is -2.07. The topological polar surface area (TPSA) is 66.2 Å². The molecule has 156 valence electrons. The number of hydrogen-bond donors (Lipinski definition) is 2. The smallest absolute Gasteiger partial charge is 0.128 e. The van der Waals surface area contributed by atoms with Crippen molar-refractivity contribution >= 4 is 48.7 Å². The van der Waals surface area contributed by atoms with Crippen molar-refractivity contribution in [1.29, 1.82) is 0 Å². The average molecular weight is 455 g/mol. The van der Waals surface area contributed by atoms with Crippen LogP contribution in [0.15, 0.2) is 78.6 Å². The number of phenolic OH excluding ortho intramolecular Hbond substituents is 1. The van der Waals surface area contributed by atoms with Gasteiger partial charge in [0, 0.05) is 5.57 Å². The Morgan fingerprint density at radius 1 is 0.688 bits per heavy atom. The number of aromatic hydroxyl groups is 1. The van der Waals surface area contributed by atoms with E-state index >= 15 is 0 Å². The van der Waals surface area contributed by atoms with Gasteiger partial charge in [-0.1, -0.05) is 30.3 Å². The number of nitrogens with zero attached hydrogens (tertiary/aromatic N) is 2. The molecule has 0 radical (unpaired) electrons. The fourth-order valence-corrected chi connectivity index (χ4v) is 5.93. The summed E-state index contributed by atoms with van der Waals surface area (Å²) in [7, 11) is 0. The molecule has 2 heterocycles. The van der Waals surface area contributed by atoms with Crippen LogP contribution in [0.3, 0.4) is 0 Å². The number of allylic oxidation sites excluding steroid dienone is 3. The Hall–Kier alpha value is -3.48. The van der Waals surface area contributed by atoms with Gasteiger partial charge >= 0.3 is 0 Å². The van der Waals surface area contributed by atoms with Gasteiger partial charge in [0.2, 0.25) is 0 Å².